The summed E-state index contributed by atoms with van der Waals surface area (Å²) in [6, 6.07) is 0. The molecule has 0 aromatic carbocycles. The Morgan fingerprint density at radius 1 is 1.30 bits per heavy atom. The number of anilines is 1. The highest BCUT2D eigenvalue weighted by Gasteiger charge is 2.43. The number of nitrogens with two attached hydrogens (primary N) is 1. The summed E-state index contributed by atoms with van der Waals surface area (Å²) in [5.74, 6) is 5.66. The van der Waals surface area contributed by atoms with E-state index in [-0.39, 0.29) is 0 Å². The quantitative estimate of drug-likeness (QED) is 0.310. The first-order valence-electron chi connectivity index (χ1n) is 5.94. The number of nitrogen functional groups attached to an aromatic ring is 1. The molecule has 4 atom stereocenters. The predicted octanol–water partition coefficient (Wildman–Crippen LogP) is -2.28. The van der Waals surface area contributed by atoms with Crippen LogP contribution in [0.2, 0.25) is 0 Å². The van der Waals surface area contributed by atoms with Gasteiger partial charge in [-0.15, -0.1) is 0 Å². The van der Waals surface area contributed by atoms with Crippen LogP contribution in [0, 0.1) is 0 Å². The van der Waals surface area contributed by atoms with E-state index in [9.17, 15) is 10.2 Å². The van der Waals surface area contributed by atoms with Crippen molar-refractivity contribution < 1.29 is 20.1 Å². The van der Waals surface area contributed by atoms with Crippen molar-refractivity contribution in [1.29, 1.82) is 0 Å². The van der Waals surface area contributed by atoms with Crippen molar-refractivity contribution in [3.63, 3.8) is 0 Å². The minimum absolute atomic E-state index is 0.334. The van der Waals surface area contributed by atoms with Crippen molar-refractivity contribution in [2.75, 3.05) is 12.0 Å². The standard InChI is InChI=1S/C10H14N6O4/c11-15-8-5-9(13-2-12-8)16(3-14-5)10-7(19)6(18)4(1-17)20-10/h2-4,6-7,10,17-19H,1,11H2,(H,12,13,15)/t4-,6-,7-,10+/m1/s1. The van der Waals surface area contributed by atoms with Gasteiger partial charge in [0.25, 0.3) is 0 Å². The van der Waals surface area contributed by atoms with Crippen LogP contribution in [-0.2, 0) is 4.74 Å². The fourth-order valence-corrected chi connectivity index (χ4v) is 2.25. The lowest BCUT2D eigenvalue weighted by molar-refractivity contribution is -0.0511. The smallest absolute Gasteiger partial charge is 0.171 e. The van der Waals surface area contributed by atoms with Gasteiger partial charge in [0.15, 0.2) is 23.2 Å². The van der Waals surface area contributed by atoms with Gasteiger partial charge in [0.05, 0.1) is 12.9 Å². The van der Waals surface area contributed by atoms with Gasteiger partial charge in [0.2, 0.25) is 0 Å². The van der Waals surface area contributed by atoms with Gasteiger partial charge in [-0.2, -0.15) is 0 Å². The van der Waals surface area contributed by atoms with Crippen LogP contribution >= 0.6 is 0 Å². The van der Waals surface area contributed by atoms with Gasteiger partial charge in [0.1, 0.15) is 24.6 Å². The molecule has 1 saturated heterocycles. The fourth-order valence-electron chi connectivity index (χ4n) is 2.25. The molecular weight excluding hydrogens is 268 g/mol. The maximum Gasteiger partial charge on any atom is 0.171 e. The highest BCUT2D eigenvalue weighted by atomic mass is 16.6. The van der Waals surface area contributed by atoms with E-state index < -0.39 is 31.1 Å². The van der Waals surface area contributed by atoms with E-state index in [1.54, 1.807) is 0 Å². The molecule has 3 rings (SSSR count). The van der Waals surface area contributed by atoms with Gasteiger partial charge in [0, 0.05) is 0 Å². The summed E-state index contributed by atoms with van der Waals surface area (Å²) in [6.07, 6.45) is -1.45. The van der Waals surface area contributed by atoms with Gasteiger partial charge in [-0.25, -0.2) is 20.8 Å². The van der Waals surface area contributed by atoms with Crippen LogP contribution in [-0.4, -0.2) is 59.8 Å². The Hall–Kier alpha value is -1.85. The van der Waals surface area contributed by atoms with E-state index in [4.69, 9.17) is 15.7 Å². The number of aromatic nitrogens is 4. The first kappa shape index (κ1) is 13.1. The van der Waals surface area contributed by atoms with Crippen LogP contribution in [0.15, 0.2) is 12.7 Å². The summed E-state index contributed by atoms with van der Waals surface area (Å²) in [7, 11) is 0. The molecule has 6 N–H and O–H groups in total. The van der Waals surface area contributed by atoms with E-state index in [0.29, 0.717) is 17.0 Å². The molecular formula is C10H14N6O4. The number of hydrogen-bond acceptors (Lipinski definition) is 9. The number of hydrazine groups is 1. The normalized spacial score (nSPS) is 30.0. The molecule has 0 amide bonds. The van der Waals surface area contributed by atoms with Crippen LogP contribution in [0.25, 0.3) is 11.2 Å². The number of imidazole rings is 1. The number of nitrogens with one attached hydrogen (secondary N) is 1. The molecule has 2 aromatic rings. The number of ether oxygens (including phenoxy) is 1. The van der Waals surface area contributed by atoms with Crippen LogP contribution in [0.4, 0.5) is 5.82 Å². The summed E-state index contributed by atoms with van der Waals surface area (Å²) < 4.78 is 6.88. The van der Waals surface area contributed by atoms with Crippen molar-refractivity contribution in [2.45, 2.75) is 24.5 Å². The second-order valence-electron chi connectivity index (χ2n) is 4.42. The van der Waals surface area contributed by atoms with Crippen molar-refractivity contribution in [3.8, 4) is 0 Å². The van der Waals surface area contributed by atoms with Crippen molar-refractivity contribution in [1.82, 2.24) is 19.5 Å². The molecule has 0 unspecified atom stereocenters. The van der Waals surface area contributed by atoms with Crippen LogP contribution < -0.4 is 11.3 Å². The zero-order valence-corrected chi connectivity index (χ0v) is 10.3. The molecule has 10 heteroatoms. The predicted molar refractivity (Wildman–Crippen MR) is 66.1 cm³/mol. The van der Waals surface area contributed by atoms with Gasteiger partial charge in [-0.05, 0) is 0 Å². The molecule has 1 fully saturated rings. The largest absolute Gasteiger partial charge is 0.394 e. The number of nitrogens with zero attached hydrogens (tertiary/aromatic N) is 4. The van der Waals surface area contributed by atoms with Crippen molar-refractivity contribution in [2.24, 2.45) is 5.84 Å². The molecule has 108 valence electrons. The summed E-state index contributed by atoms with van der Waals surface area (Å²) in [5.41, 5.74) is 3.20. The number of rotatable bonds is 3. The molecule has 3 heterocycles. The second kappa shape index (κ2) is 4.92. The fraction of sp³-hybridized carbons (Fsp3) is 0.500. The zero-order chi connectivity index (χ0) is 14.3. The molecule has 0 spiro atoms. The number of aliphatic hydroxyl groups is 3. The average molecular weight is 282 g/mol. The summed E-state index contributed by atoms with van der Waals surface area (Å²) in [5, 5.41) is 28.9. The molecule has 1 aliphatic rings. The van der Waals surface area contributed by atoms with Crippen molar-refractivity contribution in [3.05, 3.63) is 12.7 Å². The third-order valence-electron chi connectivity index (χ3n) is 3.29. The Balaban J connectivity index is 2.03. The topological polar surface area (TPSA) is 152 Å². The Kier molecular flexibility index (Phi) is 3.23. The number of fused-ring (bicyclic) bond motifs is 1. The van der Waals surface area contributed by atoms with E-state index in [2.05, 4.69) is 20.4 Å². The second-order valence-corrected chi connectivity index (χ2v) is 4.42. The Morgan fingerprint density at radius 3 is 2.75 bits per heavy atom. The average Bonchev–Trinajstić information content (AvgIpc) is 3.01. The van der Waals surface area contributed by atoms with Gasteiger partial charge < -0.3 is 25.5 Å². The van der Waals surface area contributed by atoms with Crippen molar-refractivity contribution >= 4 is 17.0 Å². The summed E-state index contributed by atoms with van der Waals surface area (Å²) in [6.45, 7) is -0.397. The summed E-state index contributed by atoms with van der Waals surface area (Å²) >= 11 is 0. The molecule has 0 saturated carbocycles. The maximum absolute atomic E-state index is 10.00. The Morgan fingerprint density at radius 2 is 2.10 bits per heavy atom. The van der Waals surface area contributed by atoms with Crippen LogP contribution in [0.5, 0.6) is 0 Å². The molecule has 10 nitrogen and oxygen atoms in total. The van der Waals surface area contributed by atoms with Gasteiger partial charge in [-0.1, -0.05) is 0 Å². The lowest BCUT2D eigenvalue weighted by Crippen LogP contribution is -2.33. The van der Waals surface area contributed by atoms with E-state index in [0.717, 1.165) is 0 Å². The lowest BCUT2D eigenvalue weighted by Gasteiger charge is -2.16. The minimum Gasteiger partial charge on any atom is -0.394 e. The van der Waals surface area contributed by atoms with Crippen LogP contribution in [0.1, 0.15) is 6.23 Å². The first-order chi connectivity index (χ1) is 9.67. The molecule has 2 aromatic heterocycles. The third kappa shape index (κ3) is 1.82. The highest BCUT2D eigenvalue weighted by Crippen LogP contribution is 2.31. The maximum atomic E-state index is 10.00. The van der Waals surface area contributed by atoms with Gasteiger partial charge >= 0.3 is 0 Å². The monoisotopic (exact) mass is 282 g/mol. The molecule has 0 aliphatic carbocycles. The minimum atomic E-state index is -1.20. The SMILES string of the molecule is NNc1ncnc2c1ncn2[C@H]1O[C@H](CO)[C@@H](O)[C@H]1O. The molecule has 0 radical (unpaired) electrons. The van der Waals surface area contributed by atoms with Gasteiger partial charge in [-0.3, -0.25) is 4.57 Å². The van der Waals surface area contributed by atoms with E-state index >= 15 is 0 Å². The first-order valence-corrected chi connectivity index (χ1v) is 5.94. The lowest BCUT2D eigenvalue weighted by atomic mass is 10.1. The van der Waals surface area contributed by atoms with Crippen LogP contribution in [0.3, 0.4) is 0 Å². The Labute approximate surface area is 112 Å². The number of aliphatic hydroxyl groups excluding tert-OH is 3. The van der Waals surface area contributed by atoms with E-state index in [1.165, 1.54) is 17.2 Å². The summed E-state index contributed by atoms with van der Waals surface area (Å²) in [4.78, 5) is 12.1. The van der Waals surface area contributed by atoms with E-state index in [1.807, 2.05) is 0 Å². The Bertz CT molecular complexity index is 619. The zero-order valence-electron chi connectivity index (χ0n) is 10.3. The third-order valence-corrected chi connectivity index (χ3v) is 3.29. The molecule has 1 aliphatic heterocycles. The molecule has 0 bridgehead atoms. The number of hydrogen-bond donors (Lipinski definition) is 5. The highest BCUT2D eigenvalue weighted by molar-refractivity contribution is 5.82. The molecule has 20 heavy (non-hydrogen) atoms.